The van der Waals surface area contributed by atoms with E-state index in [1.54, 1.807) is 13.0 Å². The number of ether oxygens (including phenoxy) is 1. The SMILES string of the molecule is Cc1cccc(Nc2cccc([C@H]3CN(S(=O)(=O)c4ccc(F)c(C)c4)CCO3)n2)n1. The normalized spacial score (nSPS) is 17.5. The predicted octanol–water partition coefficient (Wildman–Crippen LogP) is 3.74. The number of hydrogen-bond donors (Lipinski definition) is 1. The molecule has 4 rings (SSSR count). The topological polar surface area (TPSA) is 84.4 Å². The minimum absolute atomic E-state index is 0.0703. The quantitative estimate of drug-likeness (QED) is 0.648. The number of morpholine rings is 1. The van der Waals surface area contributed by atoms with Crippen LogP contribution in [0.5, 0.6) is 0 Å². The molecular formula is C22H23FN4O3S. The summed E-state index contributed by atoms with van der Waals surface area (Å²) in [6.45, 7) is 4.03. The number of halogens is 1. The van der Waals surface area contributed by atoms with Gasteiger partial charge in [0, 0.05) is 18.8 Å². The smallest absolute Gasteiger partial charge is 0.243 e. The van der Waals surface area contributed by atoms with Crippen molar-refractivity contribution in [1.82, 2.24) is 14.3 Å². The van der Waals surface area contributed by atoms with E-state index in [9.17, 15) is 12.8 Å². The zero-order valence-corrected chi connectivity index (χ0v) is 18.1. The van der Waals surface area contributed by atoms with Crippen LogP contribution in [0.4, 0.5) is 16.0 Å². The van der Waals surface area contributed by atoms with Crippen LogP contribution in [0.3, 0.4) is 0 Å². The molecule has 9 heteroatoms. The van der Waals surface area contributed by atoms with Crippen LogP contribution in [0.15, 0.2) is 59.5 Å². The van der Waals surface area contributed by atoms with E-state index >= 15 is 0 Å². The molecule has 1 N–H and O–H groups in total. The molecule has 0 radical (unpaired) electrons. The molecule has 1 fully saturated rings. The Labute approximate surface area is 181 Å². The first kappa shape index (κ1) is 21.4. The Balaban J connectivity index is 1.54. The van der Waals surface area contributed by atoms with Crippen molar-refractivity contribution in [3.05, 3.63) is 77.4 Å². The summed E-state index contributed by atoms with van der Waals surface area (Å²) in [6.07, 6.45) is -0.516. The molecule has 1 saturated heterocycles. The van der Waals surface area contributed by atoms with Crippen molar-refractivity contribution in [2.45, 2.75) is 24.8 Å². The molecule has 2 aromatic heterocycles. The van der Waals surface area contributed by atoms with Gasteiger partial charge in [-0.15, -0.1) is 0 Å². The molecule has 3 aromatic rings. The van der Waals surface area contributed by atoms with Crippen LogP contribution in [0.25, 0.3) is 0 Å². The molecule has 1 aromatic carbocycles. The van der Waals surface area contributed by atoms with Gasteiger partial charge in [-0.25, -0.2) is 22.8 Å². The molecule has 1 aliphatic rings. The zero-order chi connectivity index (χ0) is 22.0. The lowest BCUT2D eigenvalue weighted by molar-refractivity contribution is -0.00486. The molecule has 7 nitrogen and oxygen atoms in total. The maximum atomic E-state index is 13.6. The van der Waals surface area contributed by atoms with Gasteiger partial charge in [0.15, 0.2) is 0 Å². The molecule has 0 spiro atoms. The first-order valence-corrected chi connectivity index (χ1v) is 11.3. The van der Waals surface area contributed by atoms with Crippen LogP contribution in [0.1, 0.15) is 23.1 Å². The van der Waals surface area contributed by atoms with E-state index in [0.717, 1.165) is 5.69 Å². The summed E-state index contributed by atoms with van der Waals surface area (Å²) in [5, 5.41) is 3.16. The number of nitrogens with one attached hydrogen (secondary N) is 1. The Morgan fingerprint density at radius 3 is 2.55 bits per heavy atom. The number of benzene rings is 1. The Morgan fingerprint density at radius 1 is 1.06 bits per heavy atom. The molecule has 0 bridgehead atoms. The van der Waals surface area contributed by atoms with Crippen LogP contribution in [0.2, 0.25) is 0 Å². The molecule has 3 heterocycles. The van der Waals surface area contributed by atoms with Gasteiger partial charge >= 0.3 is 0 Å². The monoisotopic (exact) mass is 442 g/mol. The highest BCUT2D eigenvalue weighted by Crippen LogP contribution is 2.27. The van der Waals surface area contributed by atoms with Gasteiger partial charge in [0.05, 0.1) is 17.2 Å². The summed E-state index contributed by atoms with van der Waals surface area (Å²) in [7, 11) is -3.77. The van der Waals surface area contributed by atoms with E-state index in [0.29, 0.717) is 17.3 Å². The van der Waals surface area contributed by atoms with Crippen molar-refractivity contribution in [2.24, 2.45) is 0 Å². The number of sulfonamides is 1. The van der Waals surface area contributed by atoms with Crippen molar-refractivity contribution in [2.75, 3.05) is 25.0 Å². The lowest BCUT2D eigenvalue weighted by Gasteiger charge is -2.32. The van der Waals surface area contributed by atoms with Crippen LogP contribution in [-0.4, -0.2) is 42.4 Å². The Morgan fingerprint density at radius 2 is 1.81 bits per heavy atom. The van der Waals surface area contributed by atoms with E-state index in [2.05, 4.69) is 15.3 Å². The van der Waals surface area contributed by atoms with E-state index < -0.39 is 21.9 Å². The minimum Gasteiger partial charge on any atom is -0.369 e. The van der Waals surface area contributed by atoms with E-state index in [1.807, 2.05) is 37.3 Å². The molecule has 0 aliphatic carbocycles. The van der Waals surface area contributed by atoms with Crippen molar-refractivity contribution >= 4 is 21.7 Å². The predicted molar refractivity (Wildman–Crippen MR) is 115 cm³/mol. The third-order valence-electron chi connectivity index (χ3n) is 5.04. The molecule has 31 heavy (non-hydrogen) atoms. The molecule has 0 saturated carbocycles. The molecule has 0 amide bonds. The number of rotatable bonds is 5. The zero-order valence-electron chi connectivity index (χ0n) is 17.2. The molecular weight excluding hydrogens is 419 g/mol. The number of anilines is 2. The molecule has 1 aliphatic heterocycles. The van der Waals surface area contributed by atoms with E-state index in [-0.39, 0.29) is 30.2 Å². The standard InChI is InChI=1S/C22H23FN4O3S/c1-15-13-17(9-10-18(15)23)31(28,29)27-11-12-30-20(14-27)19-6-4-8-22(25-19)26-21-7-3-5-16(2)24-21/h3-10,13,20H,11-12,14H2,1-2H3,(H,24,25,26)/t20-/m1/s1. The van der Waals surface area contributed by atoms with E-state index in [4.69, 9.17) is 4.74 Å². The maximum Gasteiger partial charge on any atom is 0.243 e. The number of aryl methyl sites for hydroxylation is 2. The van der Waals surface area contributed by atoms with Crippen molar-refractivity contribution in [3.63, 3.8) is 0 Å². The third-order valence-corrected chi connectivity index (χ3v) is 6.90. The second kappa shape index (κ2) is 8.70. The number of nitrogens with zero attached hydrogens (tertiary/aromatic N) is 3. The van der Waals surface area contributed by atoms with Crippen LogP contribution in [0, 0.1) is 19.7 Å². The van der Waals surface area contributed by atoms with Gasteiger partial charge in [0.25, 0.3) is 0 Å². The fourth-order valence-electron chi connectivity index (χ4n) is 3.39. The van der Waals surface area contributed by atoms with Crippen LogP contribution >= 0.6 is 0 Å². The average molecular weight is 443 g/mol. The highest BCUT2D eigenvalue weighted by molar-refractivity contribution is 7.89. The lowest BCUT2D eigenvalue weighted by atomic mass is 10.2. The Hall–Kier alpha value is -2.88. The summed E-state index contributed by atoms with van der Waals surface area (Å²) in [5.74, 6) is 0.828. The lowest BCUT2D eigenvalue weighted by Crippen LogP contribution is -2.42. The first-order chi connectivity index (χ1) is 14.8. The van der Waals surface area contributed by atoms with Gasteiger partial charge in [-0.1, -0.05) is 12.1 Å². The number of pyridine rings is 2. The van der Waals surface area contributed by atoms with Gasteiger partial charge in [-0.05, 0) is 61.9 Å². The Kier molecular flexibility index (Phi) is 5.99. The van der Waals surface area contributed by atoms with Crippen molar-refractivity contribution in [1.29, 1.82) is 0 Å². The highest BCUT2D eigenvalue weighted by atomic mass is 32.2. The van der Waals surface area contributed by atoms with Gasteiger partial charge in [0.2, 0.25) is 10.0 Å². The minimum atomic E-state index is -3.77. The average Bonchev–Trinajstić information content (AvgIpc) is 2.76. The largest absolute Gasteiger partial charge is 0.369 e. The second-order valence-corrected chi connectivity index (χ2v) is 9.31. The maximum absolute atomic E-state index is 13.6. The van der Waals surface area contributed by atoms with E-state index in [1.165, 1.54) is 22.5 Å². The molecule has 0 unspecified atom stereocenters. The van der Waals surface area contributed by atoms with Crippen LogP contribution in [-0.2, 0) is 14.8 Å². The summed E-state index contributed by atoms with van der Waals surface area (Å²) in [5.41, 5.74) is 1.79. The number of hydrogen-bond acceptors (Lipinski definition) is 6. The number of aromatic nitrogens is 2. The first-order valence-electron chi connectivity index (χ1n) is 9.88. The van der Waals surface area contributed by atoms with Gasteiger partial charge in [0.1, 0.15) is 23.6 Å². The molecule has 162 valence electrons. The Bertz CT molecular complexity index is 1200. The summed E-state index contributed by atoms with van der Waals surface area (Å²) in [6, 6.07) is 14.9. The van der Waals surface area contributed by atoms with Crippen LogP contribution < -0.4 is 5.32 Å². The molecule has 1 atom stereocenters. The highest BCUT2D eigenvalue weighted by Gasteiger charge is 2.32. The van der Waals surface area contributed by atoms with Crippen molar-refractivity contribution < 1.29 is 17.5 Å². The van der Waals surface area contributed by atoms with Gasteiger partial charge < -0.3 is 10.1 Å². The summed E-state index contributed by atoms with van der Waals surface area (Å²) in [4.78, 5) is 9.06. The summed E-state index contributed by atoms with van der Waals surface area (Å²) < 4.78 is 46.9. The van der Waals surface area contributed by atoms with Gasteiger partial charge in [-0.3, -0.25) is 0 Å². The fraction of sp³-hybridized carbons (Fsp3) is 0.273. The second-order valence-electron chi connectivity index (χ2n) is 7.37. The van der Waals surface area contributed by atoms with Crippen molar-refractivity contribution in [3.8, 4) is 0 Å². The fourth-order valence-corrected chi connectivity index (χ4v) is 4.90. The van der Waals surface area contributed by atoms with Gasteiger partial charge in [-0.2, -0.15) is 4.31 Å². The third kappa shape index (κ3) is 4.73. The summed E-state index contributed by atoms with van der Waals surface area (Å²) >= 11 is 0.